The molecule has 0 unspecified atom stereocenters. The van der Waals surface area contributed by atoms with E-state index in [9.17, 15) is 0 Å². The molecule has 0 aliphatic carbocycles. The molecule has 6 heteroatoms. The molecule has 0 saturated carbocycles. The number of unbranched alkanes of at least 4 members (excludes halogenated alkanes) is 1. The molecule has 0 aliphatic heterocycles. The number of quaternary nitrogens is 1. The van der Waals surface area contributed by atoms with Crippen molar-refractivity contribution in [3.63, 3.8) is 0 Å². The van der Waals surface area contributed by atoms with Crippen molar-refractivity contribution in [2.45, 2.75) is 26.1 Å². The van der Waals surface area contributed by atoms with Crippen molar-refractivity contribution < 1.29 is 4.90 Å². The molecule has 0 aliphatic rings. The maximum absolute atomic E-state index is 7.10. The first-order valence-corrected chi connectivity index (χ1v) is 11.3. The molecule has 0 saturated heterocycles. The number of hydrogen-bond acceptors (Lipinski definition) is 2. The van der Waals surface area contributed by atoms with Gasteiger partial charge in [0.2, 0.25) is 0 Å². The first kappa shape index (κ1) is 24.9. The van der Waals surface area contributed by atoms with Gasteiger partial charge in [-0.2, -0.15) is 22.7 Å². The summed E-state index contributed by atoms with van der Waals surface area (Å²) in [5, 5.41) is 16.2. The maximum atomic E-state index is 7.10. The summed E-state index contributed by atoms with van der Waals surface area (Å²) in [5.41, 5.74) is 9.28. The minimum Gasteiger partial charge on any atom is -0.370 e. The van der Waals surface area contributed by atoms with Crippen molar-refractivity contribution in [3.8, 4) is 0 Å². The van der Waals surface area contributed by atoms with E-state index in [0.717, 1.165) is 4.90 Å². The lowest BCUT2D eigenvalue weighted by molar-refractivity contribution is -0.761. The number of nitrogens with two attached hydrogens (primary N) is 1. The predicted molar refractivity (Wildman–Crippen MR) is 139 cm³/mol. The Balaban J connectivity index is 0.000000344. The van der Waals surface area contributed by atoms with Gasteiger partial charge in [-0.05, 0) is 0 Å². The summed E-state index contributed by atoms with van der Waals surface area (Å²) in [6.45, 7) is 2.28. The minimum atomic E-state index is -0.913. The zero-order valence-electron chi connectivity index (χ0n) is 19.4. The van der Waals surface area contributed by atoms with E-state index in [2.05, 4.69) is 103 Å². The number of hydrogen-bond donors (Lipinski definition) is 5. The van der Waals surface area contributed by atoms with E-state index in [1.54, 1.807) is 14.1 Å². The van der Waals surface area contributed by atoms with Gasteiger partial charge in [0.25, 0.3) is 5.96 Å². The van der Waals surface area contributed by atoms with Gasteiger partial charge in [-0.15, -0.1) is 0 Å². The maximum Gasteiger partial charge on any atom is 0.299 e. The van der Waals surface area contributed by atoms with Crippen molar-refractivity contribution in [3.05, 3.63) is 91.0 Å². The number of benzene rings is 3. The average Bonchev–Trinajstić information content (AvgIpc) is 2.82. The van der Waals surface area contributed by atoms with Gasteiger partial charge in [-0.25, -0.2) is 5.41 Å². The van der Waals surface area contributed by atoms with Gasteiger partial charge in [0.15, 0.2) is 5.96 Å². The fourth-order valence-electron chi connectivity index (χ4n) is 4.19. The normalized spacial score (nSPS) is 10.8. The van der Waals surface area contributed by atoms with Crippen LogP contribution >= 0.6 is 0 Å². The largest absolute Gasteiger partial charge is 0.370 e. The Hall–Kier alpha value is -3.38. The lowest BCUT2D eigenvalue weighted by Gasteiger charge is -2.43. The van der Waals surface area contributed by atoms with Crippen molar-refractivity contribution in [1.29, 1.82) is 10.8 Å². The van der Waals surface area contributed by atoms with Crippen LogP contribution in [0.5, 0.6) is 0 Å². The third-order valence-electron chi connectivity index (χ3n) is 5.86. The first-order chi connectivity index (χ1) is 15.4. The summed E-state index contributed by atoms with van der Waals surface area (Å²) >= 11 is 0. The first-order valence-electron chi connectivity index (χ1n) is 11.3. The van der Waals surface area contributed by atoms with Gasteiger partial charge < -0.3 is 5.73 Å². The molecule has 0 radical (unpaired) electrons. The fraction of sp³-hybridized carbons (Fsp3) is 0.231. The molecule has 0 atom stereocenters. The Labute approximate surface area is 192 Å². The summed E-state index contributed by atoms with van der Waals surface area (Å²) in [5.74, 6) is 0.00343. The van der Waals surface area contributed by atoms with Gasteiger partial charge in [-0.3, -0.25) is 15.6 Å². The molecule has 3 aromatic rings. The van der Waals surface area contributed by atoms with Crippen LogP contribution in [-0.4, -0.2) is 32.2 Å². The predicted octanol–water partition coefficient (Wildman–Crippen LogP) is 1.51. The summed E-state index contributed by atoms with van der Waals surface area (Å²) < 4.78 is 0. The minimum absolute atomic E-state index is 0.193. The summed E-state index contributed by atoms with van der Waals surface area (Å²) in [6, 6.07) is 33.2. The van der Waals surface area contributed by atoms with Gasteiger partial charge in [0.1, 0.15) is 0 Å². The lowest BCUT2D eigenvalue weighted by Crippen LogP contribution is -3.10. The van der Waals surface area contributed by atoms with Gasteiger partial charge in [-0.1, -0.05) is 111 Å². The summed E-state index contributed by atoms with van der Waals surface area (Å²) in [4.78, 5) is 0.810. The molecular weight excluding hydrogens is 393 g/mol. The van der Waals surface area contributed by atoms with Crippen molar-refractivity contribution >= 4 is 34.5 Å². The molecule has 0 aromatic heterocycles. The SMILES string of the molecule is CCCC[B-](c1ccccc1)(c1ccccc1)c1ccccc1.C[NH+](C)C(=N)NC(=N)N. The van der Waals surface area contributed by atoms with Crippen LogP contribution in [0, 0.1) is 10.8 Å². The highest BCUT2D eigenvalue weighted by molar-refractivity contribution is 7.11. The third-order valence-corrected chi connectivity index (χ3v) is 5.86. The lowest BCUT2D eigenvalue weighted by atomic mass is 9.14. The van der Waals surface area contributed by atoms with Crippen LogP contribution in [0.2, 0.25) is 6.32 Å². The van der Waals surface area contributed by atoms with Gasteiger partial charge in [0, 0.05) is 0 Å². The van der Waals surface area contributed by atoms with Crippen LogP contribution in [0.4, 0.5) is 0 Å². The number of rotatable bonds is 6. The molecule has 0 heterocycles. The Morgan fingerprint density at radius 3 is 1.41 bits per heavy atom. The van der Waals surface area contributed by atoms with E-state index in [1.807, 2.05) is 0 Å². The molecule has 5 nitrogen and oxygen atoms in total. The Bertz CT molecular complexity index is 863. The highest BCUT2D eigenvalue weighted by atomic mass is 15.3. The third kappa shape index (κ3) is 6.56. The Morgan fingerprint density at radius 1 is 0.781 bits per heavy atom. The second kappa shape index (κ2) is 12.5. The van der Waals surface area contributed by atoms with Gasteiger partial charge in [0.05, 0.1) is 20.2 Å². The molecule has 6 N–H and O–H groups in total. The fourth-order valence-corrected chi connectivity index (χ4v) is 4.19. The monoisotopic (exact) mass is 429 g/mol. The topological polar surface area (TPSA) is 90.2 Å². The number of nitrogens with one attached hydrogen (secondary N) is 4. The van der Waals surface area contributed by atoms with E-state index in [-0.39, 0.29) is 11.9 Å². The molecule has 0 fully saturated rings. The van der Waals surface area contributed by atoms with Gasteiger partial charge >= 0.3 is 0 Å². The summed E-state index contributed by atoms with van der Waals surface area (Å²) in [6.07, 6.45) is 2.73. The quantitative estimate of drug-likeness (QED) is 0.234. The zero-order valence-corrected chi connectivity index (χ0v) is 19.4. The second-order valence-electron chi connectivity index (χ2n) is 8.33. The highest BCUT2D eigenvalue weighted by Crippen LogP contribution is 2.16. The van der Waals surface area contributed by atoms with Crippen molar-refractivity contribution in [1.82, 2.24) is 5.32 Å². The molecule has 168 valence electrons. The standard InChI is InChI=1S/C22H24B.C4H11N5/c1-2-3-19-23(20-13-7-4-8-14-20,21-15-9-5-10-16-21)22-17-11-6-12-18-22;1-9(2)4(7)8-3(5)6/h4-18H,2-3,19H2,1H3;1-2H3,(H5,5,6,7,8)/q-1;/p+1. The molecule has 0 spiro atoms. The zero-order chi connectivity index (χ0) is 23.4. The number of guanidine groups is 2. The van der Waals surface area contributed by atoms with Crippen LogP contribution in [0.1, 0.15) is 19.8 Å². The van der Waals surface area contributed by atoms with Crippen molar-refractivity contribution in [2.24, 2.45) is 5.73 Å². The smallest absolute Gasteiger partial charge is 0.299 e. The molecule has 0 amide bonds. The Kier molecular flexibility index (Phi) is 9.70. The van der Waals surface area contributed by atoms with E-state index < -0.39 is 6.15 Å². The van der Waals surface area contributed by atoms with Crippen LogP contribution in [0.3, 0.4) is 0 Å². The van der Waals surface area contributed by atoms with Crippen molar-refractivity contribution in [2.75, 3.05) is 14.1 Å². The van der Waals surface area contributed by atoms with E-state index in [1.165, 1.54) is 35.6 Å². The van der Waals surface area contributed by atoms with Crippen LogP contribution in [-0.2, 0) is 0 Å². The molecule has 3 rings (SSSR count). The average molecular weight is 429 g/mol. The molecular formula is C26H36BN5. The molecule has 0 bridgehead atoms. The van der Waals surface area contributed by atoms with Crippen LogP contribution in [0.15, 0.2) is 91.0 Å². The highest BCUT2D eigenvalue weighted by Gasteiger charge is 2.28. The van der Waals surface area contributed by atoms with E-state index in [4.69, 9.17) is 16.6 Å². The summed E-state index contributed by atoms with van der Waals surface area (Å²) in [7, 11) is 3.55. The van der Waals surface area contributed by atoms with E-state index >= 15 is 0 Å². The Morgan fingerprint density at radius 2 is 1.16 bits per heavy atom. The molecule has 32 heavy (non-hydrogen) atoms. The van der Waals surface area contributed by atoms with E-state index in [0.29, 0.717) is 0 Å². The van der Waals surface area contributed by atoms with Crippen LogP contribution in [0.25, 0.3) is 0 Å². The van der Waals surface area contributed by atoms with Crippen LogP contribution < -0.4 is 32.3 Å². The second-order valence-corrected chi connectivity index (χ2v) is 8.33. The molecule has 3 aromatic carbocycles.